The second-order valence-electron chi connectivity index (χ2n) is 5.60. The third-order valence-corrected chi connectivity index (χ3v) is 4.16. The first-order chi connectivity index (χ1) is 11.2. The summed E-state index contributed by atoms with van der Waals surface area (Å²) >= 11 is 0. The summed E-state index contributed by atoms with van der Waals surface area (Å²) < 4.78 is 5.29. The highest BCUT2D eigenvalue weighted by molar-refractivity contribution is 5.69. The van der Waals surface area contributed by atoms with Crippen LogP contribution in [0.1, 0.15) is 23.2 Å². The summed E-state index contributed by atoms with van der Waals surface area (Å²) in [4.78, 5) is 6.65. The fourth-order valence-electron chi connectivity index (χ4n) is 2.77. The summed E-state index contributed by atoms with van der Waals surface area (Å²) in [6.45, 7) is 3.60. The Morgan fingerprint density at radius 1 is 1.26 bits per heavy atom. The van der Waals surface area contributed by atoms with Gasteiger partial charge < -0.3 is 9.64 Å². The number of methoxy groups -OCH3 is 1. The van der Waals surface area contributed by atoms with Crippen molar-refractivity contribution in [2.24, 2.45) is 0 Å². The van der Waals surface area contributed by atoms with Gasteiger partial charge in [-0.2, -0.15) is 5.26 Å². The lowest BCUT2D eigenvalue weighted by Gasteiger charge is -2.28. The van der Waals surface area contributed by atoms with Gasteiger partial charge in [-0.3, -0.25) is 0 Å². The van der Waals surface area contributed by atoms with Crippen LogP contribution in [0.2, 0.25) is 0 Å². The fraction of sp³-hybridized carbons (Fsp3) is 0.263. The van der Waals surface area contributed by atoms with Gasteiger partial charge in [-0.25, -0.2) is 4.98 Å². The highest BCUT2D eigenvalue weighted by Crippen LogP contribution is 2.27. The van der Waals surface area contributed by atoms with Crippen LogP contribution in [0.3, 0.4) is 0 Å². The van der Waals surface area contributed by atoms with Crippen molar-refractivity contribution in [3.8, 4) is 11.8 Å². The van der Waals surface area contributed by atoms with Crippen LogP contribution in [0.25, 0.3) is 5.57 Å². The summed E-state index contributed by atoms with van der Waals surface area (Å²) in [5.74, 6) is 1.75. The fourth-order valence-corrected chi connectivity index (χ4v) is 2.77. The molecule has 116 valence electrons. The van der Waals surface area contributed by atoms with Crippen molar-refractivity contribution < 1.29 is 4.74 Å². The summed E-state index contributed by atoms with van der Waals surface area (Å²) in [6, 6.07) is 14.3. The Kier molecular flexibility index (Phi) is 4.29. The van der Waals surface area contributed by atoms with E-state index in [1.807, 2.05) is 31.2 Å². The van der Waals surface area contributed by atoms with E-state index in [2.05, 4.69) is 34.2 Å². The van der Waals surface area contributed by atoms with Crippen molar-refractivity contribution in [3.63, 3.8) is 0 Å². The molecule has 1 aliphatic heterocycles. The molecule has 1 aliphatic rings. The number of hydrogen-bond donors (Lipinski definition) is 0. The van der Waals surface area contributed by atoms with Gasteiger partial charge in [0.05, 0.1) is 7.11 Å². The number of rotatable bonds is 3. The molecular formula is C19H19N3O. The normalized spacial score (nSPS) is 14.1. The Morgan fingerprint density at radius 2 is 2.13 bits per heavy atom. The molecule has 0 saturated carbocycles. The van der Waals surface area contributed by atoms with E-state index in [-0.39, 0.29) is 0 Å². The lowest BCUT2D eigenvalue weighted by molar-refractivity contribution is 0.414. The number of pyridine rings is 1. The van der Waals surface area contributed by atoms with Gasteiger partial charge >= 0.3 is 0 Å². The van der Waals surface area contributed by atoms with Gasteiger partial charge in [0.15, 0.2) is 0 Å². The summed E-state index contributed by atoms with van der Waals surface area (Å²) in [5.41, 5.74) is 3.96. The van der Waals surface area contributed by atoms with E-state index in [0.29, 0.717) is 5.69 Å². The molecule has 1 aromatic heterocycles. The Balaban J connectivity index is 1.79. The first-order valence-electron chi connectivity index (χ1n) is 7.67. The van der Waals surface area contributed by atoms with Crippen molar-refractivity contribution in [2.75, 3.05) is 25.1 Å². The number of nitriles is 1. The second-order valence-corrected chi connectivity index (χ2v) is 5.60. The van der Waals surface area contributed by atoms with Crippen molar-refractivity contribution in [1.29, 1.82) is 5.26 Å². The second kappa shape index (κ2) is 6.53. The molecule has 0 bridgehead atoms. The molecule has 23 heavy (non-hydrogen) atoms. The predicted octanol–water partition coefficient (Wildman–Crippen LogP) is 3.56. The molecule has 0 fully saturated rings. The van der Waals surface area contributed by atoms with Gasteiger partial charge in [0, 0.05) is 13.1 Å². The number of aryl methyl sites for hydroxylation is 1. The van der Waals surface area contributed by atoms with Crippen LogP contribution >= 0.6 is 0 Å². The molecule has 0 spiro atoms. The minimum Gasteiger partial charge on any atom is -0.497 e. The molecule has 4 nitrogen and oxygen atoms in total. The van der Waals surface area contributed by atoms with E-state index in [4.69, 9.17) is 10.00 Å². The number of benzene rings is 1. The average molecular weight is 305 g/mol. The molecular weight excluding hydrogens is 286 g/mol. The largest absolute Gasteiger partial charge is 0.497 e. The molecule has 0 saturated heterocycles. The molecule has 0 aliphatic carbocycles. The SMILES string of the molecule is COc1cccc(C2=CCN(c3ccc(C)c(C#N)n3)CC2)c1. The number of nitrogens with zero attached hydrogens (tertiary/aromatic N) is 3. The molecule has 1 aromatic carbocycles. The number of ether oxygens (including phenoxy) is 1. The van der Waals surface area contributed by atoms with Crippen molar-refractivity contribution >= 4 is 11.4 Å². The van der Waals surface area contributed by atoms with E-state index in [1.54, 1.807) is 7.11 Å². The minimum absolute atomic E-state index is 0.505. The van der Waals surface area contributed by atoms with Crippen LogP contribution < -0.4 is 9.64 Å². The molecule has 2 aromatic rings. The van der Waals surface area contributed by atoms with Gasteiger partial charge in [0.25, 0.3) is 0 Å². The molecule has 0 unspecified atom stereocenters. The molecule has 0 radical (unpaired) electrons. The van der Waals surface area contributed by atoms with Crippen molar-refractivity contribution in [1.82, 2.24) is 4.98 Å². The highest BCUT2D eigenvalue weighted by Gasteiger charge is 2.15. The van der Waals surface area contributed by atoms with Gasteiger partial charge in [-0.05, 0) is 48.2 Å². The van der Waals surface area contributed by atoms with Crippen LogP contribution in [0, 0.1) is 18.3 Å². The smallest absolute Gasteiger partial charge is 0.145 e. The zero-order chi connectivity index (χ0) is 16.2. The molecule has 2 heterocycles. The third-order valence-electron chi connectivity index (χ3n) is 4.16. The molecule has 0 atom stereocenters. The highest BCUT2D eigenvalue weighted by atomic mass is 16.5. The molecule has 3 rings (SSSR count). The van der Waals surface area contributed by atoms with Crippen molar-refractivity contribution in [2.45, 2.75) is 13.3 Å². The molecule has 0 N–H and O–H groups in total. The van der Waals surface area contributed by atoms with Crippen LogP contribution in [-0.2, 0) is 0 Å². The Labute approximate surface area is 136 Å². The predicted molar refractivity (Wildman–Crippen MR) is 91.5 cm³/mol. The Bertz CT molecular complexity index is 789. The van der Waals surface area contributed by atoms with Crippen LogP contribution in [0.5, 0.6) is 5.75 Å². The number of hydrogen-bond acceptors (Lipinski definition) is 4. The Morgan fingerprint density at radius 3 is 2.83 bits per heavy atom. The summed E-state index contributed by atoms with van der Waals surface area (Å²) in [5, 5.41) is 9.13. The maximum atomic E-state index is 9.13. The average Bonchev–Trinajstić information content (AvgIpc) is 2.62. The van der Waals surface area contributed by atoms with Gasteiger partial charge in [0.1, 0.15) is 23.3 Å². The molecule has 0 amide bonds. The van der Waals surface area contributed by atoms with Gasteiger partial charge in [-0.15, -0.1) is 0 Å². The monoisotopic (exact) mass is 305 g/mol. The van der Waals surface area contributed by atoms with Crippen LogP contribution in [-0.4, -0.2) is 25.2 Å². The van der Waals surface area contributed by atoms with Gasteiger partial charge in [-0.1, -0.05) is 24.3 Å². The number of anilines is 1. The lowest BCUT2D eigenvalue weighted by atomic mass is 9.99. The minimum atomic E-state index is 0.505. The Hall–Kier alpha value is -2.80. The zero-order valence-corrected chi connectivity index (χ0v) is 13.4. The van der Waals surface area contributed by atoms with E-state index in [9.17, 15) is 0 Å². The van der Waals surface area contributed by atoms with Gasteiger partial charge in [0.2, 0.25) is 0 Å². The van der Waals surface area contributed by atoms with Crippen LogP contribution in [0.4, 0.5) is 5.82 Å². The first kappa shape index (κ1) is 15.1. The van der Waals surface area contributed by atoms with E-state index in [0.717, 1.165) is 36.6 Å². The first-order valence-corrected chi connectivity index (χ1v) is 7.67. The third kappa shape index (κ3) is 3.19. The van der Waals surface area contributed by atoms with Crippen LogP contribution in [0.15, 0.2) is 42.5 Å². The number of aromatic nitrogens is 1. The standard InChI is InChI=1S/C19H19N3O/c1-14-6-7-19(21-18(14)13-20)22-10-8-15(9-11-22)16-4-3-5-17(12-16)23-2/h3-8,12H,9-11H2,1-2H3. The van der Waals surface area contributed by atoms with E-state index in [1.165, 1.54) is 11.1 Å². The zero-order valence-electron chi connectivity index (χ0n) is 13.4. The van der Waals surface area contributed by atoms with E-state index < -0.39 is 0 Å². The lowest BCUT2D eigenvalue weighted by Crippen LogP contribution is -2.29. The summed E-state index contributed by atoms with van der Waals surface area (Å²) in [7, 11) is 1.69. The van der Waals surface area contributed by atoms with Crippen molar-refractivity contribution in [3.05, 3.63) is 59.3 Å². The topological polar surface area (TPSA) is 49.1 Å². The maximum Gasteiger partial charge on any atom is 0.145 e. The quantitative estimate of drug-likeness (QED) is 0.870. The van der Waals surface area contributed by atoms with E-state index >= 15 is 0 Å². The molecule has 4 heteroatoms. The maximum absolute atomic E-state index is 9.13. The summed E-state index contributed by atoms with van der Waals surface area (Å²) in [6.07, 6.45) is 3.18.